The Morgan fingerprint density at radius 3 is 2.32 bits per heavy atom. The smallest absolute Gasteiger partial charge is 0.414 e. The Kier molecular flexibility index (Phi) is 9.10. The predicted octanol–water partition coefficient (Wildman–Crippen LogP) is 0.909. The lowest BCUT2D eigenvalue weighted by atomic mass is 10.1. The molecule has 0 radical (unpaired) electrons. The highest BCUT2D eigenvalue weighted by Gasteiger charge is 2.10. The van der Waals surface area contributed by atoms with E-state index in [-0.39, 0.29) is 5.75 Å². The number of hydrogen-bond donors (Lipinski definition) is 4. The lowest BCUT2D eigenvalue weighted by Gasteiger charge is -2.09. The monoisotopic (exact) mass is 413 g/mol. The summed E-state index contributed by atoms with van der Waals surface area (Å²) in [6, 6.07) is 6.14. The van der Waals surface area contributed by atoms with Gasteiger partial charge in [0.05, 0.1) is 5.75 Å². The van der Waals surface area contributed by atoms with E-state index in [1.54, 1.807) is 6.92 Å². The molecule has 0 aliphatic rings. The fourth-order valence-corrected chi connectivity index (χ4v) is 3.56. The summed E-state index contributed by atoms with van der Waals surface area (Å²) in [5, 5.41) is 16.0. The molecule has 0 bridgehead atoms. The van der Waals surface area contributed by atoms with Gasteiger partial charge in [0.2, 0.25) is 10.0 Å². The van der Waals surface area contributed by atoms with Crippen molar-refractivity contribution in [2.75, 3.05) is 32.9 Å². The number of carboxylic acid groups (broad SMARTS) is 2. The maximum atomic E-state index is 11.7. The molecule has 156 valence electrons. The molecular weight excluding hydrogens is 386 g/mol. The van der Waals surface area contributed by atoms with Gasteiger partial charge >= 0.3 is 11.9 Å². The van der Waals surface area contributed by atoms with E-state index < -0.39 is 22.0 Å². The maximum absolute atomic E-state index is 11.7. The van der Waals surface area contributed by atoms with Crippen molar-refractivity contribution in [2.24, 2.45) is 0 Å². The third-order valence-electron chi connectivity index (χ3n) is 3.87. The van der Waals surface area contributed by atoms with Crippen LogP contribution in [0.4, 0.5) is 0 Å². The molecule has 4 N–H and O–H groups in total. The minimum absolute atomic E-state index is 0.129. The van der Waals surface area contributed by atoms with Gasteiger partial charge in [-0.15, -0.1) is 0 Å². The Balaban J connectivity index is 0.000000568. The van der Waals surface area contributed by atoms with Crippen LogP contribution < -0.4 is 4.72 Å². The van der Waals surface area contributed by atoms with Crippen LogP contribution in [-0.4, -0.2) is 73.4 Å². The molecule has 0 saturated carbocycles. The maximum Gasteiger partial charge on any atom is 0.414 e. The van der Waals surface area contributed by atoms with E-state index in [4.69, 9.17) is 19.8 Å². The molecule has 1 aromatic heterocycles. The van der Waals surface area contributed by atoms with Crippen LogP contribution in [-0.2, 0) is 32.5 Å². The Bertz CT molecular complexity index is 893. The van der Waals surface area contributed by atoms with E-state index in [1.165, 1.54) is 10.9 Å². The highest BCUT2D eigenvalue weighted by molar-refractivity contribution is 7.89. The number of rotatable bonds is 8. The Morgan fingerprint density at radius 1 is 1.14 bits per heavy atom. The Labute approximate surface area is 164 Å². The second kappa shape index (κ2) is 10.8. The summed E-state index contributed by atoms with van der Waals surface area (Å²) in [5.74, 6) is -3.52. The number of aliphatic carboxylic acids is 2. The van der Waals surface area contributed by atoms with Crippen molar-refractivity contribution < 1.29 is 28.2 Å². The largest absolute Gasteiger partial charge is 0.473 e. The second-order valence-corrected chi connectivity index (χ2v) is 8.35. The van der Waals surface area contributed by atoms with Crippen LogP contribution in [0.5, 0.6) is 0 Å². The van der Waals surface area contributed by atoms with Crippen LogP contribution in [0.3, 0.4) is 0 Å². The number of nitrogens with one attached hydrogen (secondary N) is 2. The van der Waals surface area contributed by atoms with E-state index >= 15 is 0 Å². The summed E-state index contributed by atoms with van der Waals surface area (Å²) in [6.07, 6.45) is 3.56. The number of fused-ring (bicyclic) bond motifs is 1. The number of likely N-dealkylation sites (N-methyl/N-ethyl adjacent to an activating group) is 1. The van der Waals surface area contributed by atoms with E-state index in [0.29, 0.717) is 13.0 Å². The van der Waals surface area contributed by atoms with E-state index in [9.17, 15) is 8.42 Å². The van der Waals surface area contributed by atoms with Crippen molar-refractivity contribution in [1.82, 2.24) is 14.6 Å². The zero-order valence-electron chi connectivity index (χ0n) is 16.2. The molecule has 2 aromatic rings. The van der Waals surface area contributed by atoms with Gasteiger partial charge in [-0.05, 0) is 50.2 Å². The molecule has 0 saturated heterocycles. The Hall–Kier alpha value is -2.43. The summed E-state index contributed by atoms with van der Waals surface area (Å²) in [4.78, 5) is 23.6. The fraction of sp³-hybridized carbons (Fsp3) is 0.444. The molecule has 0 amide bonds. The van der Waals surface area contributed by atoms with Gasteiger partial charge in [-0.2, -0.15) is 0 Å². The van der Waals surface area contributed by atoms with Crippen molar-refractivity contribution in [3.8, 4) is 0 Å². The first-order valence-corrected chi connectivity index (χ1v) is 10.4. The molecule has 0 aliphatic carbocycles. The molecule has 1 heterocycles. The van der Waals surface area contributed by atoms with Crippen LogP contribution in [0, 0.1) is 0 Å². The van der Waals surface area contributed by atoms with Crippen molar-refractivity contribution in [2.45, 2.75) is 19.8 Å². The van der Waals surface area contributed by atoms with Crippen LogP contribution in [0.15, 0.2) is 24.4 Å². The number of hydrogen-bond acceptors (Lipinski definition) is 5. The Morgan fingerprint density at radius 2 is 1.79 bits per heavy atom. The highest BCUT2D eigenvalue weighted by Crippen LogP contribution is 2.21. The van der Waals surface area contributed by atoms with Gasteiger partial charge in [-0.1, -0.05) is 13.0 Å². The minimum Gasteiger partial charge on any atom is -0.473 e. The summed E-state index contributed by atoms with van der Waals surface area (Å²) < 4.78 is 26.0. The quantitative estimate of drug-likeness (QED) is 0.472. The zero-order valence-corrected chi connectivity index (χ0v) is 17.0. The number of sulfonamides is 1. The number of aromatic amines is 1. The van der Waals surface area contributed by atoms with Crippen molar-refractivity contribution in [1.29, 1.82) is 0 Å². The summed E-state index contributed by atoms with van der Waals surface area (Å²) >= 11 is 0. The summed E-state index contributed by atoms with van der Waals surface area (Å²) in [6.45, 7) is 3.22. The number of carbonyl (C=O) groups is 2. The number of aromatic nitrogens is 1. The van der Waals surface area contributed by atoms with Gasteiger partial charge in [0, 0.05) is 30.2 Å². The summed E-state index contributed by atoms with van der Waals surface area (Å²) in [7, 11) is 0.957. The average Bonchev–Trinajstić information content (AvgIpc) is 3.01. The topological polar surface area (TPSA) is 140 Å². The van der Waals surface area contributed by atoms with E-state index in [1.807, 2.05) is 18.3 Å². The fourth-order valence-electron chi connectivity index (χ4n) is 2.48. The highest BCUT2D eigenvalue weighted by atomic mass is 32.2. The van der Waals surface area contributed by atoms with Crippen molar-refractivity contribution in [3.05, 3.63) is 35.5 Å². The first kappa shape index (κ1) is 23.6. The first-order valence-electron chi connectivity index (χ1n) is 8.73. The minimum atomic E-state index is -3.17. The number of carboxylic acids is 2. The number of H-pyrrole nitrogens is 1. The molecular formula is C18H27N3O6S. The van der Waals surface area contributed by atoms with Crippen LogP contribution in [0.2, 0.25) is 0 Å². The van der Waals surface area contributed by atoms with Gasteiger partial charge in [0.15, 0.2) is 0 Å². The molecule has 0 spiro atoms. The predicted molar refractivity (Wildman–Crippen MR) is 107 cm³/mol. The molecule has 0 aliphatic heterocycles. The normalized spacial score (nSPS) is 11.3. The molecule has 10 heteroatoms. The SMILES string of the molecule is CCNS(=O)(=O)CCc1ccc2[nH]cc(CCN(C)C)c2c1.O=C(O)C(=O)O. The van der Waals surface area contributed by atoms with Crippen LogP contribution in [0.1, 0.15) is 18.1 Å². The molecule has 0 unspecified atom stereocenters. The standard InChI is InChI=1S/C16H25N3O2S.C2H2O4/c1-4-18-22(20,21)10-8-13-5-6-16-15(11-13)14(12-17-16)7-9-19(2)3;3-1(4)2(5)6/h5-6,11-12,17-18H,4,7-10H2,1-3H3;(H,3,4)(H,5,6). The lowest BCUT2D eigenvalue weighted by molar-refractivity contribution is -0.159. The molecule has 28 heavy (non-hydrogen) atoms. The number of aryl methyl sites for hydroxylation is 1. The molecule has 2 rings (SSSR count). The van der Waals surface area contributed by atoms with Crippen molar-refractivity contribution in [3.63, 3.8) is 0 Å². The van der Waals surface area contributed by atoms with Crippen LogP contribution in [0.25, 0.3) is 10.9 Å². The third-order valence-corrected chi connectivity index (χ3v) is 5.34. The molecule has 0 atom stereocenters. The second-order valence-electron chi connectivity index (χ2n) is 6.42. The van der Waals surface area contributed by atoms with E-state index in [2.05, 4.69) is 34.8 Å². The first-order chi connectivity index (χ1) is 13.1. The third kappa shape index (κ3) is 8.07. The number of nitrogens with zero attached hydrogens (tertiary/aromatic N) is 1. The van der Waals surface area contributed by atoms with Crippen molar-refractivity contribution >= 4 is 32.9 Å². The lowest BCUT2D eigenvalue weighted by Crippen LogP contribution is -2.26. The zero-order chi connectivity index (χ0) is 21.3. The van der Waals surface area contributed by atoms with E-state index in [0.717, 1.165) is 24.0 Å². The van der Waals surface area contributed by atoms with Gasteiger partial charge < -0.3 is 20.1 Å². The van der Waals surface area contributed by atoms with Gasteiger partial charge in [0.25, 0.3) is 0 Å². The average molecular weight is 413 g/mol. The summed E-state index contributed by atoms with van der Waals surface area (Å²) in [5.41, 5.74) is 3.44. The van der Waals surface area contributed by atoms with Crippen LogP contribution >= 0.6 is 0 Å². The molecule has 0 fully saturated rings. The van der Waals surface area contributed by atoms with Gasteiger partial charge in [-0.3, -0.25) is 0 Å². The molecule has 9 nitrogen and oxygen atoms in total. The molecule has 1 aromatic carbocycles. The number of benzene rings is 1. The van der Waals surface area contributed by atoms with Gasteiger partial charge in [0.1, 0.15) is 0 Å². The van der Waals surface area contributed by atoms with Gasteiger partial charge in [-0.25, -0.2) is 22.7 Å².